The summed E-state index contributed by atoms with van der Waals surface area (Å²) >= 11 is 5.86. The van der Waals surface area contributed by atoms with E-state index in [-0.39, 0.29) is 11.0 Å². The maximum absolute atomic E-state index is 11.2. The van der Waals surface area contributed by atoms with E-state index in [2.05, 4.69) is 23.8 Å². The molecule has 1 fully saturated rings. The molecule has 0 aromatic carbocycles. The van der Waals surface area contributed by atoms with Gasteiger partial charge in [0.1, 0.15) is 5.69 Å². The Bertz CT molecular complexity index is 527. The standard InChI is InChI=1S/C13H19ClN4O2/c1-4-13(3)5-7-17(8-6-13)11-10(18(19)20)9(2)15-12(14)16-11/h4-8H2,1-3H3. The highest BCUT2D eigenvalue weighted by molar-refractivity contribution is 6.28. The van der Waals surface area contributed by atoms with Crippen LogP contribution in [0.3, 0.4) is 0 Å². The highest BCUT2D eigenvalue weighted by atomic mass is 35.5. The van der Waals surface area contributed by atoms with Crippen molar-refractivity contribution in [2.75, 3.05) is 18.0 Å². The summed E-state index contributed by atoms with van der Waals surface area (Å²) in [4.78, 5) is 20.7. The van der Waals surface area contributed by atoms with Crippen molar-refractivity contribution in [3.8, 4) is 0 Å². The average Bonchev–Trinajstić information content (AvgIpc) is 2.38. The van der Waals surface area contributed by atoms with E-state index in [9.17, 15) is 10.1 Å². The van der Waals surface area contributed by atoms with Gasteiger partial charge in [-0.25, -0.2) is 4.98 Å². The maximum atomic E-state index is 11.2. The van der Waals surface area contributed by atoms with Crippen molar-refractivity contribution in [1.29, 1.82) is 0 Å². The van der Waals surface area contributed by atoms with Gasteiger partial charge in [-0.3, -0.25) is 10.1 Å². The molecule has 7 heteroatoms. The Hall–Kier alpha value is -1.43. The van der Waals surface area contributed by atoms with Crippen molar-refractivity contribution in [2.45, 2.75) is 40.0 Å². The third kappa shape index (κ3) is 2.85. The lowest BCUT2D eigenvalue weighted by Crippen LogP contribution is -2.39. The number of rotatable bonds is 3. The number of piperidine rings is 1. The molecule has 110 valence electrons. The molecular formula is C13H19ClN4O2. The predicted molar refractivity (Wildman–Crippen MR) is 78.3 cm³/mol. The Kier molecular flexibility index (Phi) is 4.13. The number of nitrogens with zero attached hydrogens (tertiary/aromatic N) is 4. The molecule has 0 N–H and O–H groups in total. The lowest BCUT2D eigenvalue weighted by Gasteiger charge is -2.39. The van der Waals surface area contributed by atoms with E-state index >= 15 is 0 Å². The summed E-state index contributed by atoms with van der Waals surface area (Å²) in [6.45, 7) is 7.56. The van der Waals surface area contributed by atoms with Crippen molar-refractivity contribution >= 4 is 23.1 Å². The molecule has 0 atom stereocenters. The lowest BCUT2D eigenvalue weighted by molar-refractivity contribution is -0.385. The Morgan fingerprint density at radius 1 is 1.40 bits per heavy atom. The summed E-state index contributed by atoms with van der Waals surface area (Å²) in [5, 5.41) is 11.3. The van der Waals surface area contributed by atoms with Gasteiger partial charge in [0.2, 0.25) is 11.1 Å². The lowest BCUT2D eigenvalue weighted by atomic mass is 9.78. The largest absolute Gasteiger partial charge is 0.351 e. The second kappa shape index (κ2) is 5.52. The van der Waals surface area contributed by atoms with Crippen LogP contribution < -0.4 is 4.90 Å². The molecule has 0 unspecified atom stereocenters. The molecule has 1 aromatic heterocycles. The highest BCUT2D eigenvalue weighted by Crippen LogP contribution is 2.38. The zero-order chi connectivity index (χ0) is 14.9. The van der Waals surface area contributed by atoms with Gasteiger partial charge in [0.05, 0.1) is 4.92 Å². The summed E-state index contributed by atoms with van der Waals surface area (Å²) in [6.07, 6.45) is 3.12. The molecule has 0 radical (unpaired) electrons. The third-order valence-corrected chi connectivity index (χ3v) is 4.49. The van der Waals surface area contributed by atoms with Gasteiger partial charge >= 0.3 is 5.69 Å². The van der Waals surface area contributed by atoms with Gasteiger partial charge < -0.3 is 4.90 Å². The Balaban J connectivity index is 2.32. The first-order chi connectivity index (χ1) is 9.36. The summed E-state index contributed by atoms with van der Waals surface area (Å²) in [7, 11) is 0. The number of hydrogen-bond acceptors (Lipinski definition) is 5. The summed E-state index contributed by atoms with van der Waals surface area (Å²) < 4.78 is 0. The third-order valence-electron chi connectivity index (χ3n) is 4.32. The normalized spacial score (nSPS) is 18.1. The fourth-order valence-corrected chi connectivity index (χ4v) is 2.77. The number of nitro groups is 1. The SMILES string of the molecule is CCC1(C)CCN(c2nc(Cl)nc(C)c2[N+](=O)[O-])CC1. The number of anilines is 1. The molecule has 1 aliphatic heterocycles. The van der Waals surface area contributed by atoms with E-state index in [0.29, 0.717) is 16.9 Å². The molecule has 1 aromatic rings. The summed E-state index contributed by atoms with van der Waals surface area (Å²) in [5.41, 5.74) is 0.597. The van der Waals surface area contributed by atoms with Crippen LogP contribution in [0.2, 0.25) is 5.28 Å². The fraction of sp³-hybridized carbons (Fsp3) is 0.692. The van der Waals surface area contributed by atoms with Crippen molar-refractivity contribution in [1.82, 2.24) is 9.97 Å². The first-order valence-electron chi connectivity index (χ1n) is 6.80. The van der Waals surface area contributed by atoms with E-state index in [1.54, 1.807) is 6.92 Å². The summed E-state index contributed by atoms with van der Waals surface area (Å²) in [5.74, 6) is 0.352. The van der Waals surface area contributed by atoms with E-state index in [4.69, 9.17) is 11.6 Å². The van der Waals surface area contributed by atoms with E-state index in [1.807, 2.05) is 4.90 Å². The zero-order valence-electron chi connectivity index (χ0n) is 12.0. The van der Waals surface area contributed by atoms with Crippen LogP contribution in [0.15, 0.2) is 0 Å². The van der Waals surface area contributed by atoms with Crippen molar-refractivity contribution in [3.05, 3.63) is 21.1 Å². The number of halogens is 1. The first-order valence-corrected chi connectivity index (χ1v) is 7.17. The monoisotopic (exact) mass is 298 g/mol. The molecule has 6 nitrogen and oxygen atoms in total. The van der Waals surface area contributed by atoms with Gasteiger partial charge in [0.25, 0.3) is 0 Å². The van der Waals surface area contributed by atoms with Crippen LogP contribution in [0.25, 0.3) is 0 Å². The molecule has 0 spiro atoms. The van der Waals surface area contributed by atoms with Crippen molar-refractivity contribution in [3.63, 3.8) is 0 Å². The predicted octanol–water partition coefficient (Wildman–Crippen LogP) is 3.36. The van der Waals surface area contributed by atoms with Crippen LogP contribution in [0.1, 0.15) is 38.8 Å². The Morgan fingerprint density at radius 3 is 2.50 bits per heavy atom. The van der Waals surface area contributed by atoms with E-state index in [1.165, 1.54) is 0 Å². The molecule has 0 amide bonds. The van der Waals surface area contributed by atoms with Crippen LogP contribution in [-0.4, -0.2) is 28.0 Å². The Labute approximate surface area is 123 Å². The minimum absolute atomic E-state index is 0.0329. The smallest absolute Gasteiger partial charge is 0.332 e. The van der Waals surface area contributed by atoms with Gasteiger partial charge in [-0.15, -0.1) is 0 Å². The maximum Gasteiger partial charge on any atom is 0.332 e. The van der Waals surface area contributed by atoms with Crippen LogP contribution in [-0.2, 0) is 0 Å². The molecule has 2 rings (SSSR count). The minimum atomic E-state index is -0.422. The van der Waals surface area contributed by atoms with Crippen LogP contribution in [0, 0.1) is 22.5 Å². The zero-order valence-corrected chi connectivity index (χ0v) is 12.8. The van der Waals surface area contributed by atoms with Gasteiger partial charge in [-0.1, -0.05) is 20.3 Å². The van der Waals surface area contributed by atoms with E-state index < -0.39 is 4.92 Å². The number of aryl methyl sites for hydroxylation is 1. The number of aromatic nitrogens is 2. The molecular weight excluding hydrogens is 280 g/mol. The second-order valence-corrected chi connectivity index (χ2v) is 6.00. The fourth-order valence-electron chi connectivity index (χ4n) is 2.56. The molecule has 0 bridgehead atoms. The molecule has 20 heavy (non-hydrogen) atoms. The molecule has 0 aliphatic carbocycles. The quantitative estimate of drug-likeness (QED) is 0.486. The van der Waals surface area contributed by atoms with Gasteiger partial charge in [0, 0.05) is 13.1 Å². The molecule has 1 aliphatic rings. The average molecular weight is 299 g/mol. The highest BCUT2D eigenvalue weighted by Gasteiger charge is 2.33. The van der Waals surface area contributed by atoms with Crippen LogP contribution in [0.5, 0.6) is 0 Å². The first kappa shape index (κ1) is 15.0. The topological polar surface area (TPSA) is 72.2 Å². The van der Waals surface area contributed by atoms with Crippen molar-refractivity contribution in [2.24, 2.45) is 5.41 Å². The van der Waals surface area contributed by atoms with E-state index in [0.717, 1.165) is 32.4 Å². The summed E-state index contributed by atoms with van der Waals surface area (Å²) in [6, 6.07) is 0. The van der Waals surface area contributed by atoms with Gasteiger partial charge in [-0.05, 0) is 36.8 Å². The molecule has 2 heterocycles. The van der Waals surface area contributed by atoms with Gasteiger partial charge in [-0.2, -0.15) is 4.98 Å². The number of hydrogen-bond donors (Lipinski definition) is 0. The molecule has 1 saturated heterocycles. The van der Waals surface area contributed by atoms with Crippen LogP contribution >= 0.6 is 11.6 Å². The minimum Gasteiger partial charge on any atom is -0.351 e. The molecule has 0 saturated carbocycles. The Morgan fingerprint density at radius 2 is 2.00 bits per heavy atom. The van der Waals surface area contributed by atoms with Gasteiger partial charge in [0.15, 0.2) is 0 Å². The van der Waals surface area contributed by atoms with Crippen molar-refractivity contribution < 1.29 is 4.92 Å². The van der Waals surface area contributed by atoms with Crippen LogP contribution in [0.4, 0.5) is 11.5 Å². The second-order valence-electron chi connectivity index (χ2n) is 5.66.